The second-order valence-corrected chi connectivity index (χ2v) is 5.01. The standard InChI is InChI=1S/C18H20N2O3/c1-3-19-18(22)14-5-4-6-15(12-14)20-17(21)11-13-7-9-16(23-2)10-8-13/h4-10,12H,3,11H2,1-2H3,(H,19,22)(H,20,21). The van der Waals surface area contributed by atoms with Crippen molar-refractivity contribution in [3.63, 3.8) is 0 Å². The van der Waals surface area contributed by atoms with Gasteiger partial charge in [0.15, 0.2) is 0 Å². The van der Waals surface area contributed by atoms with Crippen molar-refractivity contribution < 1.29 is 14.3 Å². The molecule has 0 heterocycles. The molecule has 120 valence electrons. The smallest absolute Gasteiger partial charge is 0.251 e. The topological polar surface area (TPSA) is 67.4 Å². The summed E-state index contributed by atoms with van der Waals surface area (Å²) in [4.78, 5) is 23.9. The Kier molecular flexibility index (Phi) is 5.74. The van der Waals surface area contributed by atoms with E-state index in [1.54, 1.807) is 31.4 Å². The zero-order chi connectivity index (χ0) is 16.7. The first-order chi connectivity index (χ1) is 11.1. The lowest BCUT2D eigenvalue weighted by Gasteiger charge is -2.08. The number of hydrogen-bond donors (Lipinski definition) is 2. The maximum atomic E-state index is 12.1. The molecule has 0 unspecified atom stereocenters. The predicted octanol–water partition coefficient (Wildman–Crippen LogP) is 2.63. The van der Waals surface area contributed by atoms with Crippen molar-refractivity contribution in [2.75, 3.05) is 19.0 Å². The van der Waals surface area contributed by atoms with E-state index in [0.29, 0.717) is 17.8 Å². The maximum Gasteiger partial charge on any atom is 0.251 e. The van der Waals surface area contributed by atoms with Crippen LogP contribution in [0, 0.1) is 0 Å². The molecule has 2 N–H and O–H groups in total. The summed E-state index contributed by atoms with van der Waals surface area (Å²) in [7, 11) is 1.60. The van der Waals surface area contributed by atoms with Gasteiger partial charge < -0.3 is 15.4 Å². The summed E-state index contributed by atoms with van der Waals surface area (Å²) < 4.78 is 5.09. The van der Waals surface area contributed by atoms with Crippen LogP contribution < -0.4 is 15.4 Å². The Hall–Kier alpha value is -2.82. The van der Waals surface area contributed by atoms with Crippen molar-refractivity contribution in [3.05, 3.63) is 59.7 Å². The largest absolute Gasteiger partial charge is 0.497 e. The number of carbonyl (C=O) groups excluding carboxylic acids is 2. The quantitative estimate of drug-likeness (QED) is 0.861. The summed E-state index contributed by atoms with van der Waals surface area (Å²) in [5.41, 5.74) is 2.02. The number of methoxy groups -OCH3 is 1. The third-order valence-corrected chi connectivity index (χ3v) is 3.27. The molecule has 0 saturated carbocycles. The average molecular weight is 312 g/mol. The summed E-state index contributed by atoms with van der Waals surface area (Å²) in [5, 5.41) is 5.54. The summed E-state index contributed by atoms with van der Waals surface area (Å²) in [6.45, 7) is 2.42. The maximum absolute atomic E-state index is 12.1. The molecule has 23 heavy (non-hydrogen) atoms. The van der Waals surface area contributed by atoms with Crippen LogP contribution >= 0.6 is 0 Å². The molecule has 0 aromatic heterocycles. The fourth-order valence-corrected chi connectivity index (χ4v) is 2.13. The minimum absolute atomic E-state index is 0.136. The van der Waals surface area contributed by atoms with Crippen LogP contribution in [-0.4, -0.2) is 25.5 Å². The number of amides is 2. The van der Waals surface area contributed by atoms with E-state index < -0.39 is 0 Å². The van der Waals surface area contributed by atoms with Gasteiger partial charge in [0.1, 0.15) is 5.75 Å². The number of hydrogen-bond acceptors (Lipinski definition) is 3. The SMILES string of the molecule is CCNC(=O)c1cccc(NC(=O)Cc2ccc(OC)cc2)c1. The average Bonchev–Trinajstić information content (AvgIpc) is 2.56. The second kappa shape index (κ2) is 7.98. The van der Waals surface area contributed by atoms with Gasteiger partial charge in [-0.05, 0) is 42.8 Å². The van der Waals surface area contributed by atoms with Gasteiger partial charge in [-0.15, -0.1) is 0 Å². The molecule has 2 aromatic rings. The van der Waals surface area contributed by atoms with Crippen LogP contribution in [0.5, 0.6) is 5.75 Å². The number of ether oxygens (including phenoxy) is 1. The molecule has 0 fully saturated rings. The van der Waals surface area contributed by atoms with E-state index in [4.69, 9.17) is 4.74 Å². The van der Waals surface area contributed by atoms with Gasteiger partial charge in [-0.2, -0.15) is 0 Å². The Labute approximate surface area is 135 Å². The Morgan fingerprint density at radius 3 is 2.48 bits per heavy atom. The zero-order valence-corrected chi connectivity index (χ0v) is 13.3. The highest BCUT2D eigenvalue weighted by molar-refractivity contribution is 5.97. The van der Waals surface area contributed by atoms with Crippen LogP contribution in [0.15, 0.2) is 48.5 Å². The van der Waals surface area contributed by atoms with Gasteiger partial charge in [0.25, 0.3) is 5.91 Å². The van der Waals surface area contributed by atoms with Gasteiger partial charge in [-0.1, -0.05) is 18.2 Å². The molecule has 2 aromatic carbocycles. The van der Waals surface area contributed by atoms with Gasteiger partial charge in [-0.3, -0.25) is 9.59 Å². The normalized spacial score (nSPS) is 10.0. The zero-order valence-electron chi connectivity index (χ0n) is 13.3. The molecule has 2 rings (SSSR count). The Bertz CT molecular complexity index is 681. The van der Waals surface area contributed by atoms with E-state index in [1.165, 1.54) is 0 Å². The van der Waals surface area contributed by atoms with E-state index >= 15 is 0 Å². The molecule has 0 aliphatic heterocycles. The van der Waals surface area contributed by atoms with E-state index in [9.17, 15) is 9.59 Å². The second-order valence-electron chi connectivity index (χ2n) is 5.01. The first kappa shape index (κ1) is 16.5. The number of rotatable bonds is 6. The monoisotopic (exact) mass is 312 g/mol. The lowest BCUT2D eigenvalue weighted by Crippen LogP contribution is -2.23. The summed E-state index contributed by atoms with van der Waals surface area (Å²) in [5.74, 6) is 0.464. The van der Waals surface area contributed by atoms with Crippen LogP contribution in [0.3, 0.4) is 0 Å². The van der Waals surface area contributed by atoms with Crippen molar-refractivity contribution in [1.82, 2.24) is 5.32 Å². The van der Waals surface area contributed by atoms with Crippen LogP contribution in [0.25, 0.3) is 0 Å². The number of benzene rings is 2. The molecule has 0 atom stereocenters. The highest BCUT2D eigenvalue weighted by atomic mass is 16.5. The first-order valence-corrected chi connectivity index (χ1v) is 7.43. The van der Waals surface area contributed by atoms with Crippen LogP contribution in [-0.2, 0) is 11.2 Å². The van der Waals surface area contributed by atoms with Crippen molar-refractivity contribution in [3.8, 4) is 5.75 Å². The Balaban J connectivity index is 1.99. The summed E-state index contributed by atoms with van der Waals surface area (Å²) >= 11 is 0. The molecule has 2 amide bonds. The number of carbonyl (C=O) groups is 2. The summed E-state index contributed by atoms with van der Waals surface area (Å²) in [6, 6.07) is 14.2. The molecule has 5 heteroatoms. The lowest BCUT2D eigenvalue weighted by atomic mass is 10.1. The third-order valence-electron chi connectivity index (χ3n) is 3.27. The van der Waals surface area contributed by atoms with E-state index in [0.717, 1.165) is 11.3 Å². The summed E-state index contributed by atoms with van der Waals surface area (Å²) in [6.07, 6.45) is 0.259. The molecule has 0 aliphatic carbocycles. The van der Waals surface area contributed by atoms with Gasteiger partial charge in [0.2, 0.25) is 5.91 Å². The van der Waals surface area contributed by atoms with Crippen LogP contribution in [0.2, 0.25) is 0 Å². The van der Waals surface area contributed by atoms with Crippen LogP contribution in [0.4, 0.5) is 5.69 Å². The highest BCUT2D eigenvalue weighted by Gasteiger charge is 2.08. The number of nitrogens with one attached hydrogen (secondary N) is 2. The third kappa shape index (κ3) is 4.85. The Morgan fingerprint density at radius 2 is 1.83 bits per heavy atom. The van der Waals surface area contributed by atoms with Crippen molar-refractivity contribution in [1.29, 1.82) is 0 Å². The van der Waals surface area contributed by atoms with Gasteiger partial charge in [0, 0.05) is 17.8 Å². The minimum Gasteiger partial charge on any atom is -0.497 e. The highest BCUT2D eigenvalue weighted by Crippen LogP contribution is 2.14. The fraction of sp³-hybridized carbons (Fsp3) is 0.222. The van der Waals surface area contributed by atoms with E-state index in [2.05, 4.69) is 10.6 Å². The first-order valence-electron chi connectivity index (χ1n) is 7.43. The molecular formula is C18H20N2O3. The van der Waals surface area contributed by atoms with Crippen LogP contribution in [0.1, 0.15) is 22.8 Å². The van der Waals surface area contributed by atoms with Gasteiger partial charge in [-0.25, -0.2) is 0 Å². The predicted molar refractivity (Wildman–Crippen MR) is 89.8 cm³/mol. The minimum atomic E-state index is -0.154. The lowest BCUT2D eigenvalue weighted by molar-refractivity contribution is -0.115. The molecule has 0 spiro atoms. The molecule has 0 radical (unpaired) electrons. The van der Waals surface area contributed by atoms with Crippen molar-refractivity contribution >= 4 is 17.5 Å². The van der Waals surface area contributed by atoms with Crippen molar-refractivity contribution in [2.45, 2.75) is 13.3 Å². The van der Waals surface area contributed by atoms with E-state index in [-0.39, 0.29) is 18.2 Å². The van der Waals surface area contributed by atoms with Gasteiger partial charge in [0.05, 0.1) is 13.5 Å². The van der Waals surface area contributed by atoms with E-state index in [1.807, 2.05) is 31.2 Å². The van der Waals surface area contributed by atoms with Gasteiger partial charge >= 0.3 is 0 Å². The molecule has 0 aliphatic rings. The molecule has 5 nitrogen and oxygen atoms in total. The Morgan fingerprint density at radius 1 is 1.09 bits per heavy atom. The van der Waals surface area contributed by atoms with Crippen molar-refractivity contribution in [2.24, 2.45) is 0 Å². The number of anilines is 1. The molecule has 0 saturated heterocycles. The molecular weight excluding hydrogens is 292 g/mol. The molecule has 0 bridgehead atoms. The fourth-order valence-electron chi connectivity index (χ4n) is 2.13.